The molecule has 5 heteroatoms. The summed E-state index contributed by atoms with van der Waals surface area (Å²) < 4.78 is 3.22. The number of pyridine rings is 1. The van der Waals surface area contributed by atoms with Crippen LogP contribution in [0, 0.1) is 6.92 Å². The molecule has 25 heavy (non-hydrogen) atoms. The number of hydrogen-bond acceptors (Lipinski definition) is 4. The van der Waals surface area contributed by atoms with Gasteiger partial charge in [0.15, 0.2) is 4.34 Å². The standard InChI is InChI=1S/C20H19N3S2/c1-13(2)24-20-22-11-18(25-20)15-10-17(16-7-5-4-6-14(16)3)19-21-8-9-23(19)12-15/h4-13H,1-3H3. The molecule has 3 heterocycles. The van der Waals surface area contributed by atoms with Crippen molar-refractivity contribution in [2.24, 2.45) is 0 Å². The first-order valence-corrected chi connectivity index (χ1v) is 9.97. The molecule has 0 aliphatic heterocycles. The molecule has 0 bridgehead atoms. The van der Waals surface area contributed by atoms with Gasteiger partial charge in [-0.05, 0) is 24.1 Å². The van der Waals surface area contributed by atoms with Crippen molar-refractivity contribution >= 4 is 28.7 Å². The number of nitrogens with zero attached hydrogens (tertiary/aromatic N) is 3. The van der Waals surface area contributed by atoms with Crippen molar-refractivity contribution in [3.05, 3.63) is 60.7 Å². The molecule has 0 aliphatic carbocycles. The Hall–Kier alpha value is -2.11. The first kappa shape index (κ1) is 16.4. The topological polar surface area (TPSA) is 30.2 Å². The zero-order valence-corrected chi connectivity index (χ0v) is 16.1. The van der Waals surface area contributed by atoms with Gasteiger partial charge in [-0.3, -0.25) is 0 Å². The van der Waals surface area contributed by atoms with E-state index in [4.69, 9.17) is 0 Å². The van der Waals surface area contributed by atoms with Gasteiger partial charge in [-0.2, -0.15) is 0 Å². The van der Waals surface area contributed by atoms with E-state index in [1.807, 2.05) is 30.4 Å². The van der Waals surface area contributed by atoms with Crippen LogP contribution in [0.15, 0.2) is 59.5 Å². The number of hydrogen-bond donors (Lipinski definition) is 0. The quantitative estimate of drug-likeness (QED) is 0.420. The average molecular weight is 366 g/mol. The van der Waals surface area contributed by atoms with E-state index >= 15 is 0 Å². The Morgan fingerprint density at radius 3 is 2.76 bits per heavy atom. The summed E-state index contributed by atoms with van der Waals surface area (Å²) in [6, 6.07) is 10.7. The Balaban J connectivity index is 1.86. The third-order valence-electron chi connectivity index (χ3n) is 4.03. The summed E-state index contributed by atoms with van der Waals surface area (Å²) in [7, 11) is 0. The summed E-state index contributed by atoms with van der Waals surface area (Å²) in [4.78, 5) is 10.3. The third kappa shape index (κ3) is 3.22. The first-order valence-electron chi connectivity index (χ1n) is 8.27. The lowest BCUT2D eigenvalue weighted by atomic mass is 10.00. The molecule has 0 unspecified atom stereocenters. The van der Waals surface area contributed by atoms with Crippen LogP contribution >= 0.6 is 23.1 Å². The molecule has 0 fully saturated rings. The maximum Gasteiger partial charge on any atom is 0.150 e. The van der Waals surface area contributed by atoms with Gasteiger partial charge in [0.1, 0.15) is 5.65 Å². The summed E-state index contributed by atoms with van der Waals surface area (Å²) >= 11 is 3.56. The minimum absolute atomic E-state index is 0.539. The molecule has 126 valence electrons. The zero-order valence-electron chi connectivity index (χ0n) is 14.4. The van der Waals surface area contributed by atoms with Crippen LogP contribution in [0.2, 0.25) is 0 Å². The fourth-order valence-corrected chi connectivity index (χ4v) is 5.07. The van der Waals surface area contributed by atoms with Crippen LogP contribution in [0.25, 0.3) is 27.2 Å². The van der Waals surface area contributed by atoms with Crippen LogP contribution in [0.4, 0.5) is 0 Å². The molecule has 0 N–H and O–H groups in total. The highest BCUT2D eigenvalue weighted by atomic mass is 32.2. The maximum absolute atomic E-state index is 4.58. The average Bonchev–Trinajstić information content (AvgIpc) is 3.23. The molecule has 0 amide bonds. The van der Waals surface area contributed by atoms with Gasteiger partial charge in [-0.15, -0.1) is 11.3 Å². The van der Waals surface area contributed by atoms with Crippen LogP contribution in [0.5, 0.6) is 0 Å². The van der Waals surface area contributed by atoms with Crippen LogP contribution in [0.3, 0.4) is 0 Å². The van der Waals surface area contributed by atoms with E-state index in [0.717, 1.165) is 15.6 Å². The molecule has 4 aromatic rings. The van der Waals surface area contributed by atoms with E-state index in [2.05, 4.69) is 71.7 Å². The molecule has 3 nitrogen and oxygen atoms in total. The van der Waals surface area contributed by atoms with E-state index in [0.29, 0.717) is 5.25 Å². The summed E-state index contributed by atoms with van der Waals surface area (Å²) in [6.07, 6.45) is 7.98. The second-order valence-electron chi connectivity index (χ2n) is 6.27. The first-order chi connectivity index (χ1) is 12.1. The lowest BCUT2D eigenvalue weighted by molar-refractivity contribution is 1.10. The van der Waals surface area contributed by atoms with Crippen molar-refractivity contribution in [2.75, 3.05) is 0 Å². The fourth-order valence-electron chi connectivity index (χ4n) is 2.89. The Morgan fingerprint density at radius 2 is 1.96 bits per heavy atom. The molecule has 0 aliphatic rings. The van der Waals surface area contributed by atoms with Gasteiger partial charge in [-0.25, -0.2) is 9.97 Å². The lowest BCUT2D eigenvalue weighted by Gasteiger charge is -2.10. The molecule has 4 rings (SSSR count). The summed E-state index contributed by atoms with van der Waals surface area (Å²) in [5, 5.41) is 0.539. The molecule has 1 aromatic carbocycles. The fraction of sp³-hybridized carbons (Fsp3) is 0.200. The number of fused-ring (bicyclic) bond motifs is 1. The highest BCUT2D eigenvalue weighted by molar-refractivity contribution is 8.01. The monoisotopic (exact) mass is 365 g/mol. The molecule has 0 spiro atoms. The van der Waals surface area contributed by atoms with Crippen molar-refractivity contribution < 1.29 is 0 Å². The summed E-state index contributed by atoms with van der Waals surface area (Å²) in [5.74, 6) is 0. The highest BCUT2D eigenvalue weighted by Crippen LogP contribution is 2.36. The van der Waals surface area contributed by atoms with E-state index < -0.39 is 0 Å². The molecule has 3 aromatic heterocycles. The predicted molar refractivity (Wildman–Crippen MR) is 107 cm³/mol. The Bertz CT molecular complexity index is 1030. The van der Waals surface area contributed by atoms with Crippen molar-refractivity contribution in [3.63, 3.8) is 0 Å². The van der Waals surface area contributed by atoms with Crippen molar-refractivity contribution in [1.82, 2.24) is 14.4 Å². The Labute approximate surface area is 155 Å². The van der Waals surface area contributed by atoms with Crippen LogP contribution in [-0.2, 0) is 0 Å². The zero-order chi connectivity index (χ0) is 17.4. The molecule has 0 atom stereocenters. The number of aromatic nitrogens is 3. The van der Waals surface area contributed by atoms with Crippen LogP contribution in [-0.4, -0.2) is 19.6 Å². The SMILES string of the molecule is Cc1ccccc1-c1cc(-c2cnc(SC(C)C)s2)cn2ccnc12. The Morgan fingerprint density at radius 1 is 1.12 bits per heavy atom. The summed E-state index contributed by atoms with van der Waals surface area (Å²) in [6.45, 7) is 6.53. The third-order valence-corrected chi connectivity index (χ3v) is 6.19. The summed E-state index contributed by atoms with van der Waals surface area (Å²) in [5.41, 5.74) is 5.80. The van der Waals surface area contributed by atoms with Gasteiger partial charge in [0.25, 0.3) is 0 Å². The van der Waals surface area contributed by atoms with E-state index in [1.54, 1.807) is 11.3 Å². The number of thiazole rings is 1. The van der Waals surface area contributed by atoms with Gasteiger partial charge in [0.05, 0.1) is 4.88 Å². The number of aryl methyl sites for hydroxylation is 1. The van der Waals surface area contributed by atoms with E-state index in [9.17, 15) is 0 Å². The second-order valence-corrected chi connectivity index (χ2v) is 9.13. The maximum atomic E-state index is 4.58. The minimum atomic E-state index is 0.539. The van der Waals surface area contributed by atoms with Gasteiger partial charge in [0, 0.05) is 41.2 Å². The molecule has 0 saturated carbocycles. The lowest BCUT2D eigenvalue weighted by Crippen LogP contribution is -1.92. The molecule has 0 radical (unpaired) electrons. The molecular weight excluding hydrogens is 346 g/mol. The predicted octanol–water partition coefficient (Wildman–Crippen LogP) is 5.93. The highest BCUT2D eigenvalue weighted by Gasteiger charge is 2.13. The van der Waals surface area contributed by atoms with Crippen LogP contribution in [0.1, 0.15) is 19.4 Å². The number of thioether (sulfide) groups is 1. The smallest absolute Gasteiger partial charge is 0.150 e. The molecular formula is C20H19N3S2. The Kier molecular flexibility index (Phi) is 4.36. The molecule has 0 saturated heterocycles. The van der Waals surface area contributed by atoms with Crippen molar-refractivity contribution in [1.29, 1.82) is 0 Å². The van der Waals surface area contributed by atoms with Crippen molar-refractivity contribution in [2.45, 2.75) is 30.4 Å². The van der Waals surface area contributed by atoms with E-state index in [1.165, 1.54) is 21.6 Å². The van der Waals surface area contributed by atoms with Crippen molar-refractivity contribution in [3.8, 4) is 21.6 Å². The number of rotatable bonds is 4. The van der Waals surface area contributed by atoms with Gasteiger partial charge >= 0.3 is 0 Å². The second kappa shape index (κ2) is 6.65. The normalized spacial score (nSPS) is 11.5. The van der Waals surface area contributed by atoms with Gasteiger partial charge < -0.3 is 4.40 Å². The van der Waals surface area contributed by atoms with Crippen LogP contribution < -0.4 is 0 Å². The minimum Gasteiger partial charge on any atom is -0.306 e. The number of imidazole rings is 1. The van der Waals surface area contributed by atoms with E-state index in [-0.39, 0.29) is 0 Å². The largest absolute Gasteiger partial charge is 0.306 e. The van der Waals surface area contributed by atoms with Gasteiger partial charge in [0.2, 0.25) is 0 Å². The number of benzene rings is 1. The van der Waals surface area contributed by atoms with Gasteiger partial charge in [-0.1, -0.05) is 49.9 Å².